The topological polar surface area (TPSA) is 21.3 Å². The van der Waals surface area contributed by atoms with E-state index < -0.39 is 0 Å². The molecule has 0 bridgehead atoms. The summed E-state index contributed by atoms with van der Waals surface area (Å²) < 4.78 is 5.75. The Morgan fingerprint density at radius 1 is 1.15 bits per heavy atom. The first-order valence-corrected chi connectivity index (χ1v) is 7.77. The van der Waals surface area contributed by atoms with Crippen LogP contribution in [0.3, 0.4) is 0 Å². The summed E-state index contributed by atoms with van der Waals surface area (Å²) in [5.74, 6) is 0.769. The summed E-state index contributed by atoms with van der Waals surface area (Å²) in [6, 6.07) is 8.66. The summed E-state index contributed by atoms with van der Waals surface area (Å²) in [4.78, 5) is 0. The molecule has 1 N–H and O–H groups in total. The van der Waals surface area contributed by atoms with Gasteiger partial charge >= 0.3 is 0 Å². The maximum Gasteiger partial charge on any atom is 0.0716 e. The molecule has 0 amide bonds. The largest absolute Gasteiger partial charge is 0.377 e. The molecule has 0 spiro atoms. The lowest BCUT2D eigenvalue weighted by Crippen LogP contribution is -2.35. The van der Waals surface area contributed by atoms with Crippen molar-refractivity contribution in [2.24, 2.45) is 5.92 Å². The second-order valence-electron chi connectivity index (χ2n) is 7.01. The van der Waals surface area contributed by atoms with Crippen molar-refractivity contribution in [2.75, 3.05) is 6.61 Å². The molecule has 0 saturated carbocycles. The van der Waals surface area contributed by atoms with Gasteiger partial charge in [0, 0.05) is 18.7 Å². The van der Waals surface area contributed by atoms with Crippen LogP contribution in [0.4, 0.5) is 0 Å². The summed E-state index contributed by atoms with van der Waals surface area (Å²) in [5.41, 5.74) is 2.74. The van der Waals surface area contributed by atoms with E-state index in [1.165, 1.54) is 17.5 Å². The minimum atomic E-state index is 0.156. The number of hydrogen-bond acceptors (Lipinski definition) is 2. The van der Waals surface area contributed by atoms with Crippen LogP contribution < -0.4 is 5.32 Å². The first kappa shape index (κ1) is 17.2. The summed E-state index contributed by atoms with van der Waals surface area (Å²) >= 11 is 0. The van der Waals surface area contributed by atoms with E-state index in [1.54, 1.807) is 0 Å². The zero-order valence-electron chi connectivity index (χ0n) is 13.8. The predicted octanol–water partition coefficient (Wildman–Crippen LogP) is 4.53. The molecule has 0 saturated heterocycles. The zero-order chi connectivity index (χ0) is 15.0. The fraction of sp³-hybridized carbons (Fsp3) is 0.667. The highest BCUT2D eigenvalue weighted by Crippen LogP contribution is 2.10. The summed E-state index contributed by atoms with van der Waals surface area (Å²) in [7, 11) is 0. The molecule has 0 fully saturated rings. The van der Waals surface area contributed by atoms with Crippen molar-refractivity contribution in [2.45, 2.75) is 66.2 Å². The molecule has 0 radical (unpaired) electrons. The fourth-order valence-corrected chi connectivity index (χ4v) is 1.98. The van der Waals surface area contributed by atoms with Gasteiger partial charge in [-0.3, -0.25) is 0 Å². The van der Waals surface area contributed by atoms with Crippen LogP contribution in [0.5, 0.6) is 0 Å². The monoisotopic (exact) mass is 277 g/mol. The molecule has 0 heterocycles. The molecule has 0 aliphatic rings. The van der Waals surface area contributed by atoms with Gasteiger partial charge in [0.2, 0.25) is 0 Å². The van der Waals surface area contributed by atoms with E-state index in [0.717, 1.165) is 32.1 Å². The highest BCUT2D eigenvalue weighted by molar-refractivity contribution is 5.23. The van der Waals surface area contributed by atoms with Crippen molar-refractivity contribution in [1.29, 1.82) is 0 Å². The average Bonchev–Trinajstić information content (AvgIpc) is 2.35. The molecule has 0 unspecified atom stereocenters. The van der Waals surface area contributed by atoms with E-state index in [9.17, 15) is 0 Å². The number of hydrogen-bond donors (Lipinski definition) is 1. The van der Waals surface area contributed by atoms with Gasteiger partial charge in [-0.05, 0) is 50.7 Å². The lowest BCUT2D eigenvalue weighted by Gasteiger charge is -2.20. The van der Waals surface area contributed by atoms with Crippen molar-refractivity contribution < 1.29 is 4.74 Å². The Morgan fingerprint density at radius 2 is 1.85 bits per heavy atom. The maximum atomic E-state index is 5.75. The van der Waals surface area contributed by atoms with Crippen molar-refractivity contribution >= 4 is 0 Å². The number of rotatable bonds is 8. The molecule has 2 heteroatoms. The van der Waals surface area contributed by atoms with Gasteiger partial charge in [0.1, 0.15) is 0 Å². The van der Waals surface area contributed by atoms with Crippen LogP contribution in [0.25, 0.3) is 0 Å². The van der Waals surface area contributed by atoms with Gasteiger partial charge in [-0.15, -0.1) is 0 Å². The fourth-order valence-electron chi connectivity index (χ4n) is 1.98. The third kappa shape index (κ3) is 8.34. The third-order valence-corrected chi connectivity index (χ3v) is 3.15. The van der Waals surface area contributed by atoms with Crippen LogP contribution in [-0.4, -0.2) is 12.1 Å². The Hall–Kier alpha value is -0.860. The number of nitrogens with one attached hydrogen (secondary N) is 1. The molecule has 0 aliphatic heterocycles. The Morgan fingerprint density at radius 3 is 2.50 bits per heavy atom. The van der Waals surface area contributed by atoms with Crippen molar-refractivity contribution in [3.63, 3.8) is 0 Å². The van der Waals surface area contributed by atoms with Gasteiger partial charge in [-0.2, -0.15) is 0 Å². The summed E-state index contributed by atoms with van der Waals surface area (Å²) in [6.45, 7) is 13.6. The normalized spacial score (nSPS) is 12.1. The first-order valence-electron chi connectivity index (χ1n) is 7.77. The SMILES string of the molecule is CC(C)CCCOCc1cccc(CNC(C)(C)C)c1. The molecule has 2 nitrogen and oxygen atoms in total. The predicted molar refractivity (Wildman–Crippen MR) is 86.8 cm³/mol. The van der Waals surface area contributed by atoms with Crippen molar-refractivity contribution in [3.05, 3.63) is 35.4 Å². The van der Waals surface area contributed by atoms with Crippen LogP contribution >= 0.6 is 0 Å². The summed E-state index contributed by atoms with van der Waals surface area (Å²) in [6.07, 6.45) is 2.40. The van der Waals surface area contributed by atoms with Gasteiger partial charge in [-0.25, -0.2) is 0 Å². The van der Waals surface area contributed by atoms with Gasteiger partial charge in [-0.1, -0.05) is 38.1 Å². The van der Waals surface area contributed by atoms with Gasteiger partial charge in [0.25, 0.3) is 0 Å². The Bertz CT molecular complexity index is 379. The molecule has 20 heavy (non-hydrogen) atoms. The van der Waals surface area contributed by atoms with Crippen LogP contribution in [0.15, 0.2) is 24.3 Å². The second kappa shape index (κ2) is 8.43. The Balaban J connectivity index is 2.32. The molecular weight excluding hydrogens is 246 g/mol. The zero-order valence-corrected chi connectivity index (χ0v) is 13.8. The van der Waals surface area contributed by atoms with Crippen LogP contribution in [0.1, 0.15) is 58.6 Å². The van der Waals surface area contributed by atoms with Crippen molar-refractivity contribution in [3.8, 4) is 0 Å². The van der Waals surface area contributed by atoms with Crippen LogP contribution in [0.2, 0.25) is 0 Å². The molecular formula is C18H31NO. The third-order valence-electron chi connectivity index (χ3n) is 3.15. The molecule has 0 aliphatic carbocycles. The van der Waals surface area contributed by atoms with Gasteiger partial charge < -0.3 is 10.1 Å². The molecule has 114 valence electrons. The van der Waals surface area contributed by atoms with E-state index in [0.29, 0.717) is 0 Å². The molecule has 1 aromatic rings. The Kier molecular flexibility index (Phi) is 7.25. The number of benzene rings is 1. The lowest BCUT2D eigenvalue weighted by molar-refractivity contribution is 0.115. The average molecular weight is 277 g/mol. The highest BCUT2D eigenvalue weighted by atomic mass is 16.5. The number of ether oxygens (including phenoxy) is 1. The van der Waals surface area contributed by atoms with E-state index in [4.69, 9.17) is 4.74 Å². The first-order chi connectivity index (χ1) is 9.37. The molecule has 0 aromatic heterocycles. The van der Waals surface area contributed by atoms with E-state index in [-0.39, 0.29) is 5.54 Å². The minimum Gasteiger partial charge on any atom is -0.377 e. The van der Waals surface area contributed by atoms with Crippen LogP contribution in [0, 0.1) is 5.92 Å². The lowest BCUT2D eigenvalue weighted by atomic mass is 10.1. The molecule has 1 aromatic carbocycles. The van der Waals surface area contributed by atoms with Gasteiger partial charge in [0.15, 0.2) is 0 Å². The highest BCUT2D eigenvalue weighted by Gasteiger charge is 2.08. The molecule has 1 rings (SSSR count). The van der Waals surface area contributed by atoms with Gasteiger partial charge in [0.05, 0.1) is 6.61 Å². The molecule has 0 atom stereocenters. The van der Waals surface area contributed by atoms with Crippen molar-refractivity contribution in [1.82, 2.24) is 5.32 Å². The second-order valence-corrected chi connectivity index (χ2v) is 7.01. The van der Waals surface area contributed by atoms with Crippen LogP contribution in [-0.2, 0) is 17.9 Å². The maximum absolute atomic E-state index is 5.75. The van der Waals surface area contributed by atoms with E-state index in [1.807, 2.05) is 0 Å². The standard InChI is InChI=1S/C18H31NO/c1-15(2)8-7-11-20-14-17-10-6-9-16(12-17)13-19-18(3,4)5/h6,9-10,12,15,19H,7-8,11,13-14H2,1-5H3. The quantitative estimate of drug-likeness (QED) is 0.705. The summed E-state index contributed by atoms with van der Waals surface area (Å²) in [5, 5.41) is 3.51. The van der Waals surface area contributed by atoms with E-state index >= 15 is 0 Å². The Labute approximate surface area is 124 Å². The smallest absolute Gasteiger partial charge is 0.0716 e. The minimum absolute atomic E-state index is 0.156. The van der Waals surface area contributed by atoms with E-state index in [2.05, 4.69) is 64.2 Å².